The first-order chi connectivity index (χ1) is 52.7. The molecule has 0 amide bonds. The van der Waals surface area contributed by atoms with Crippen LogP contribution in [0.3, 0.4) is 0 Å². The summed E-state index contributed by atoms with van der Waals surface area (Å²) < 4.78 is 32.2. The number of nitrogens with zero attached hydrogens (tertiary/aromatic N) is 3. The molecule has 0 aliphatic rings. The lowest BCUT2D eigenvalue weighted by Gasteiger charge is -2.08. The number of aromatic nitrogens is 3. The summed E-state index contributed by atoms with van der Waals surface area (Å²) in [6, 6.07) is 103. The Labute approximate surface area is 635 Å². The minimum Gasteiger partial charge on any atom is -0.494 e. The summed E-state index contributed by atoms with van der Waals surface area (Å²) in [7, 11) is 0. The van der Waals surface area contributed by atoms with Crippen molar-refractivity contribution in [3.63, 3.8) is 0 Å². The van der Waals surface area contributed by atoms with Crippen LogP contribution < -0.4 is 23.7 Å². The number of hydrogen-bond acceptors (Lipinski definition) is 8. The van der Waals surface area contributed by atoms with Crippen molar-refractivity contribution in [2.75, 3.05) is 33.0 Å². The topological polar surface area (TPSA) is 84.8 Å². The van der Waals surface area contributed by atoms with E-state index in [4.69, 9.17) is 38.6 Å². The zero-order valence-corrected chi connectivity index (χ0v) is 63.0. The second kappa shape index (κ2) is 41.7. The molecule has 538 valence electrons. The first kappa shape index (κ1) is 76.5. The predicted molar refractivity (Wildman–Crippen MR) is 444 cm³/mol. The molecule has 0 fully saturated rings. The Morgan fingerprint density at radius 1 is 0.215 bits per heavy atom. The Bertz CT molecular complexity index is 4870. The molecule has 0 aliphatic heterocycles. The molecule has 8 heteroatoms. The zero-order chi connectivity index (χ0) is 73.9. The highest BCUT2D eigenvalue weighted by Gasteiger charge is 2.05. The van der Waals surface area contributed by atoms with Gasteiger partial charge < -0.3 is 23.7 Å². The van der Waals surface area contributed by atoms with Crippen LogP contribution in [0.5, 0.6) is 28.7 Å². The second-order valence-electron chi connectivity index (χ2n) is 27.2. The fourth-order valence-electron chi connectivity index (χ4n) is 12.2. The van der Waals surface area contributed by atoms with E-state index >= 15 is 0 Å². The summed E-state index contributed by atoms with van der Waals surface area (Å²) in [5.74, 6) is 3.76. The third kappa shape index (κ3) is 25.0. The Balaban J connectivity index is 1.05. The summed E-state index contributed by atoms with van der Waals surface area (Å²) >= 11 is 0. The third-order valence-corrected chi connectivity index (χ3v) is 18.2. The average Bonchev–Trinajstić information content (AvgIpc) is 0.818. The van der Waals surface area contributed by atoms with E-state index in [0.29, 0.717) is 55.1 Å². The second-order valence-corrected chi connectivity index (χ2v) is 27.2. The van der Waals surface area contributed by atoms with Crippen molar-refractivity contribution in [3.8, 4) is 28.7 Å². The SMILES string of the molecule is CCCCCCOc1cc2c#cc3ccc(cc3)c3cc(OCCCCCC)cc(c3)c3ccc(c#cc4cc(OCCCCCC)cc(c#cc5cc(OCCCCCC)cc(c#cc6ccc(nc6)c6cccc(n6)c6ccc(c#cc7cc(OCCCCCC)cc(c#cc(c1)c2)c7)cn6)c5)c4)cc3. The molecule has 10 heterocycles. The highest BCUT2D eigenvalue weighted by atomic mass is 16.5. The Kier molecular flexibility index (Phi) is 29.8. The van der Waals surface area contributed by atoms with Crippen molar-refractivity contribution in [2.24, 2.45) is 0 Å². The lowest BCUT2D eigenvalue weighted by molar-refractivity contribution is 0.305. The zero-order valence-electron chi connectivity index (χ0n) is 63.0. The molecule has 10 aromatic heterocycles. The largest absolute Gasteiger partial charge is 0.494 e. The maximum absolute atomic E-state index is 6.53. The van der Waals surface area contributed by atoms with Gasteiger partial charge in [0.2, 0.25) is 0 Å². The fourth-order valence-corrected chi connectivity index (χ4v) is 12.2. The van der Waals surface area contributed by atoms with Crippen LogP contribution in [0.15, 0.2) is 194 Å². The molecule has 0 spiro atoms. The molecule has 0 saturated heterocycles. The van der Waals surface area contributed by atoms with Crippen molar-refractivity contribution >= 4 is 108 Å². The van der Waals surface area contributed by atoms with Crippen molar-refractivity contribution in [2.45, 2.75) is 163 Å². The van der Waals surface area contributed by atoms with Crippen LogP contribution in [-0.4, -0.2) is 48.0 Å². The normalized spacial score (nSPS) is 10.6. The van der Waals surface area contributed by atoms with E-state index in [2.05, 4.69) is 174 Å². The number of pyridine rings is 3. The van der Waals surface area contributed by atoms with E-state index in [1.54, 1.807) is 12.4 Å². The van der Waals surface area contributed by atoms with Gasteiger partial charge in [-0.3, -0.25) is 9.97 Å². The summed E-state index contributed by atoms with van der Waals surface area (Å²) in [6.45, 7) is 14.2. The lowest BCUT2D eigenvalue weighted by Crippen LogP contribution is -1.97. The molecule has 0 atom stereocenters. The fraction of sp³-hybridized carbons (Fsp3) is 0.303. The third-order valence-electron chi connectivity index (χ3n) is 18.2. The van der Waals surface area contributed by atoms with Gasteiger partial charge in [-0.2, -0.15) is 0 Å². The molecule has 7 aromatic carbocycles. The minimum absolute atomic E-state index is 0.605. The van der Waals surface area contributed by atoms with Gasteiger partial charge in [0.25, 0.3) is 0 Å². The molecule has 20 bridgehead atoms. The molecule has 0 saturated carbocycles. The highest BCUT2D eigenvalue weighted by molar-refractivity contribution is 5.94. The van der Waals surface area contributed by atoms with Gasteiger partial charge in [-0.15, -0.1) is 0 Å². The van der Waals surface area contributed by atoms with Gasteiger partial charge in [0.15, 0.2) is 0 Å². The van der Waals surface area contributed by atoms with Crippen molar-refractivity contribution < 1.29 is 23.7 Å². The van der Waals surface area contributed by atoms with E-state index in [9.17, 15) is 0 Å². The van der Waals surface area contributed by atoms with Gasteiger partial charge in [0.1, 0.15) is 28.7 Å². The lowest BCUT2D eigenvalue weighted by atomic mass is 10.1. The molecule has 0 radical (unpaired) electrons. The highest BCUT2D eigenvalue weighted by Crippen LogP contribution is 2.28. The molecular formula is C99H97N3O5. The maximum Gasteiger partial charge on any atom is 0.121 e. The number of hydrogen-bond donors (Lipinski definition) is 0. The predicted octanol–water partition coefficient (Wildman–Crippen LogP) is 26.1. The van der Waals surface area contributed by atoms with Gasteiger partial charge in [0, 0.05) is 77.0 Å². The molecule has 17 aromatic rings. The van der Waals surface area contributed by atoms with Crippen LogP contribution in [0, 0.1) is 72.8 Å². The van der Waals surface area contributed by atoms with Crippen molar-refractivity contribution in [1.29, 1.82) is 0 Å². The van der Waals surface area contributed by atoms with Crippen LogP contribution in [-0.2, 0) is 0 Å². The maximum atomic E-state index is 6.53. The average molecular weight is 1410 g/mol. The van der Waals surface area contributed by atoms with Gasteiger partial charge in [0.05, 0.1) is 55.1 Å². The number of ether oxygens (including phenoxy) is 5. The van der Waals surface area contributed by atoms with Gasteiger partial charge in [-0.1, -0.05) is 234 Å². The molecule has 0 unspecified atom stereocenters. The molecular weight excluding hydrogens is 1310 g/mol. The summed E-state index contributed by atoms with van der Waals surface area (Å²) in [6.07, 6.45) is 25.6. The van der Waals surface area contributed by atoms with Crippen LogP contribution in [0.4, 0.5) is 0 Å². The Hall–Kier alpha value is -11.7. The number of benzene rings is 7. The minimum atomic E-state index is 0.605. The molecule has 107 heavy (non-hydrogen) atoms. The van der Waals surface area contributed by atoms with Crippen molar-refractivity contribution in [3.05, 3.63) is 267 Å². The molecule has 17 rings (SSSR count). The van der Waals surface area contributed by atoms with Crippen LogP contribution in [0.25, 0.3) is 108 Å². The molecule has 0 N–H and O–H groups in total. The van der Waals surface area contributed by atoms with E-state index in [0.717, 1.165) is 205 Å². The molecule has 8 nitrogen and oxygen atoms in total. The van der Waals surface area contributed by atoms with Crippen LogP contribution in [0.2, 0.25) is 0 Å². The summed E-state index contributed by atoms with van der Waals surface area (Å²) in [4.78, 5) is 14.7. The monoisotopic (exact) mass is 1410 g/mol. The van der Waals surface area contributed by atoms with E-state index in [1.807, 2.05) is 115 Å². The summed E-state index contributed by atoms with van der Waals surface area (Å²) in [5.41, 5.74) is 2.86. The van der Waals surface area contributed by atoms with Gasteiger partial charge in [-0.05, 0) is 205 Å². The molecule has 0 aliphatic carbocycles. The first-order valence-corrected chi connectivity index (χ1v) is 38.9. The van der Waals surface area contributed by atoms with E-state index in [1.165, 1.54) is 38.5 Å². The summed E-state index contributed by atoms with van der Waals surface area (Å²) in [5, 5.41) is 13.8. The van der Waals surface area contributed by atoms with Gasteiger partial charge in [-0.25, -0.2) is 4.98 Å². The van der Waals surface area contributed by atoms with Crippen molar-refractivity contribution in [1.82, 2.24) is 15.0 Å². The van der Waals surface area contributed by atoms with E-state index < -0.39 is 0 Å². The first-order valence-electron chi connectivity index (χ1n) is 38.9. The quantitative estimate of drug-likeness (QED) is 0.0412. The number of rotatable bonds is 30. The smallest absolute Gasteiger partial charge is 0.121 e. The van der Waals surface area contributed by atoms with Crippen LogP contribution in [0.1, 0.15) is 163 Å². The Morgan fingerprint density at radius 3 is 0.729 bits per heavy atom. The Morgan fingerprint density at radius 2 is 0.467 bits per heavy atom. The van der Waals surface area contributed by atoms with Crippen LogP contribution >= 0.6 is 0 Å². The van der Waals surface area contributed by atoms with E-state index in [-0.39, 0.29) is 0 Å². The number of unbranched alkanes of at least 4 members (excludes halogenated alkanes) is 15. The van der Waals surface area contributed by atoms with Gasteiger partial charge >= 0.3 is 0 Å². The standard InChI is InChI=1S/C99H97N3O5/c1-6-11-16-21-53-103-91-62-79-33-29-75-41-47-87(48-42-75)89-70-90(72-95(71-89)107-57-25-20-15-10-5)88-49-43-76(44-50-88)30-34-80-59-84(67-92(63-80)104-54-22-17-12-7-2)38-40-86-61-82(65-94(69-86)106-56-24-19-14-9-4)36-32-78-46-52-97(101-74-78)99-28-26-27-98(102-99)96-51-45-77(73-100-96)31-35-81-60-85(39-37-83(58-79)66-91)68-93(64-81)105-55-23-18-13-8-3/h26-28,41-52,58-74H,6-25,53-57H2,1-5H3.